The van der Waals surface area contributed by atoms with Crippen LogP contribution in [0.2, 0.25) is 0 Å². The lowest BCUT2D eigenvalue weighted by Gasteiger charge is -2.29. The second kappa shape index (κ2) is 7.10. The molecular weight excluding hydrogens is 340 g/mol. The first-order valence-corrected chi connectivity index (χ1v) is 9.46. The van der Waals surface area contributed by atoms with Gasteiger partial charge in [-0.2, -0.15) is 9.61 Å². The van der Waals surface area contributed by atoms with Gasteiger partial charge < -0.3 is 14.4 Å². The maximum absolute atomic E-state index is 5.47. The molecule has 0 N–H and O–H groups in total. The molecule has 1 aliphatic heterocycles. The van der Waals surface area contributed by atoms with Crippen LogP contribution >= 0.6 is 0 Å². The zero-order valence-electron chi connectivity index (χ0n) is 16.5. The van der Waals surface area contributed by atoms with Crippen molar-refractivity contribution in [1.29, 1.82) is 0 Å². The molecule has 0 saturated carbocycles. The van der Waals surface area contributed by atoms with Gasteiger partial charge in [0.05, 0.1) is 19.9 Å². The van der Waals surface area contributed by atoms with E-state index in [9.17, 15) is 0 Å². The summed E-state index contributed by atoms with van der Waals surface area (Å²) in [5.41, 5.74) is 4.93. The summed E-state index contributed by atoms with van der Waals surface area (Å²) >= 11 is 0. The second-order valence-corrected chi connectivity index (χ2v) is 7.08. The highest BCUT2D eigenvalue weighted by atomic mass is 16.5. The van der Waals surface area contributed by atoms with Gasteiger partial charge in [-0.3, -0.25) is 0 Å². The number of methoxy groups -OCH3 is 2. The van der Waals surface area contributed by atoms with Crippen LogP contribution in [0.3, 0.4) is 0 Å². The third-order valence-electron chi connectivity index (χ3n) is 5.27. The Morgan fingerprint density at radius 3 is 2.37 bits per heavy atom. The van der Waals surface area contributed by atoms with Crippen molar-refractivity contribution < 1.29 is 9.47 Å². The zero-order valence-corrected chi connectivity index (χ0v) is 16.5. The van der Waals surface area contributed by atoms with Crippen LogP contribution in [0.1, 0.15) is 30.5 Å². The van der Waals surface area contributed by atoms with Crippen molar-refractivity contribution in [3.8, 4) is 22.8 Å². The SMILES string of the molecule is COc1ccc(-c2nn3c(N4CCCCC4)cc(C)nc3c2C)cc1OC. The number of benzene rings is 1. The van der Waals surface area contributed by atoms with Gasteiger partial charge in [-0.15, -0.1) is 0 Å². The number of ether oxygens (including phenoxy) is 2. The smallest absolute Gasteiger partial charge is 0.161 e. The number of rotatable bonds is 4. The molecule has 1 aromatic carbocycles. The fourth-order valence-electron chi connectivity index (χ4n) is 3.83. The topological polar surface area (TPSA) is 51.9 Å². The molecule has 1 aliphatic rings. The van der Waals surface area contributed by atoms with Crippen LogP contribution in [0.4, 0.5) is 5.82 Å². The highest BCUT2D eigenvalue weighted by molar-refractivity contribution is 5.73. The first-order chi connectivity index (χ1) is 13.1. The van der Waals surface area contributed by atoms with Crippen LogP contribution in [0, 0.1) is 13.8 Å². The molecule has 4 rings (SSSR count). The highest BCUT2D eigenvalue weighted by Gasteiger charge is 2.20. The maximum atomic E-state index is 5.47. The Kier molecular flexibility index (Phi) is 4.64. The van der Waals surface area contributed by atoms with Crippen molar-refractivity contribution in [2.75, 3.05) is 32.2 Å². The largest absolute Gasteiger partial charge is 0.493 e. The summed E-state index contributed by atoms with van der Waals surface area (Å²) < 4.78 is 12.8. The van der Waals surface area contributed by atoms with Crippen molar-refractivity contribution in [2.24, 2.45) is 0 Å². The van der Waals surface area contributed by atoms with E-state index in [4.69, 9.17) is 19.6 Å². The fourth-order valence-corrected chi connectivity index (χ4v) is 3.83. The quantitative estimate of drug-likeness (QED) is 0.698. The lowest BCUT2D eigenvalue weighted by Crippen LogP contribution is -2.31. The van der Waals surface area contributed by atoms with E-state index < -0.39 is 0 Å². The number of hydrogen-bond donors (Lipinski definition) is 0. The molecule has 142 valence electrons. The number of fused-ring (bicyclic) bond motifs is 1. The van der Waals surface area contributed by atoms with Crippen LogP contribution in [-0.2, 0) is 0 Å². The van der Waals surface area contributed by atoms with Gasteiger partial charge in [-0.25, -0.2) is 4.98 Å². The number of anilines is 1. The van der Waals surface area contributed by atoms with Crippen molar-refractivity contribution in [1.82, 2.24) is 14.6 Å². The summed E-state index contributed by atoms with van der Waals surface area (Å²) in [6.07, 6.45) is 3.76. The van der Waals surface area contributed by atoms with Gasteiger partial charge >= 0.3 is 0 Å². The summed E-state index contributed by atoms with van der Waals surface area (Å²) in [5, 5.41) is 4.95. The van der Waals surface area contributed by atoms with E-state index in [1.165, 1.54) is 19.3 Å². The number of aromatic nitrogens is 3. The Hall–Kier alpha value is -2.76. The summed E-state index contributed by atoms with van der Waals surface area (Å²) in [6.45, 7) is 6.28. The Bertz CT molecular complexity index is 974. The molecule has 0 unspecified atom stereocenters. The number of piperidine rings is 1. The standard InChI is InChI=1S/C21H26N4O2/c1-14-12-19(24-10-6-5-7-11-24)25-21(22-14)15(2)20(23-25)16-8-9-17(26-3)18(13-16)27-4/h8-9,12-13H,5-7,10-11H2,1-4H3. The van der Waals surface area contributed by atoms with E-state index in [1.807, 2.05) is 22.7 Å². The average molecular weight is 366 g/mol. The summed E-state index contributed by atoms with van der Waals surface area (Å²) in [5.74, 6) is 2.55. The third-order valence-corrected chi connectivity index (χ3v) is 5.27. The minimum absolute atomic E-state index is 0.701. The monoisotopic (exact) mass is 366 g/mol. The molecule has 3 heterocycles. The molecule has 0 bridgehead atoms. The van der Waals surface area contributed by atoms with Gasteiger partial charge in [-0.1, -0.05) is 0 Å². The number of aryl methyl sites for hydroxylation is 2. The Morgan fingerprint density at radius 1 is 0.926 bits per heavy atom. The summed E-state index contributed by atoms with van der Waals surface area (Å²) in [4.78, 5) is 7.20. The van der Waals surface area contributed by atoms with Crippen molar-refractivity contribution >= 4 is 11.5 Å². The molecule has 6 nitrogen and oxygen atoms in total. The molecule has 6 heteroatoms. The lowest BCUT2D eigenvalue weighted by atomic mass is 10.1. The molecular formula is C21H26N4O2. The molecule has 0 aliphatic carbocycles. The first-order valence-electron chi connectivity index (χ1n) is 9.46. The van der Waals surface area contributed by atoms with E-state index in [-0.39, 0.29) is 0 Å². The van der Waals surface area contributed by atoms with Crippen molar-refractivity contribution in [3.63, 3.8) is 0 Å². The molecule has 0 atom stereocenters. The van der Waals surface area contributed by atoms with E-state index >= 15 is 0 Å². The summed E-state index contributed by atoms with van der Waals surface area (Å²) in [7, 11) is 3.29. The number of hydrogen-bond acceptors (Lipinski definition) is 5. The van der Waals surface area contributed by atoms with Gasteiger partial charge in [0.25, 0.3) is 0 Å². The normalized spacial score (nSPS) is 14.6. The maximum Gasteiger partial charge on any atom is 0.161 e. The molecule has 1 saturated heterocycles. The Balaban J connectivity index is 1.87. The van der Waals surface area contributed by atoms with Crippen molar-refractivity contribution in [2.45, 2.75) is 33.1 Å². The lowest BCUT2D eigenvalue weighted by molar-refractivity contribution is 0.355. The summed E-state index contributed by atoms with van der Waals surface area (Å²) in [6, 6.07) is 8.05. The molecule has 3 aromatic rings. The van der Waals surface area contributed by atoms with Gasteiger partial charge in [0, 0.05) is 36.0 Å². The molecule has 0 spiro atoms. The average Bonchev–Trinajstić information content (AvgIpc) is 3.04. The minimum Gasteiger partial charge on any atom is -0.493 e. The fraction of sp³-hybridized carbons (Fsp3) is 0.429. The Morgan fingerprint density at radius 2 is 1.67 bits per heavy atom. The highest BCUT2D eigenvalue weighted by Crippen LogP contribution is 2.34. The second-order valence-electron chi connectivity index (χ2n) is 7.08. The van der Waals surface area contributed by atoms with Crippen molar-refractivity contribution in [3.05, 3.63) is 35.5 Å². The van der Waals surface area contributed by atoms with E-state index in [0.29, 0.717) is 11.5 Å². The van der Waals surface area contributed by atoms with Gasteiger partial charge in [0.2, 0.25) is 0 Å². The third kappa shape index (κ3) is 3.09. The van der Waals surface area contributed by atoms with E-state index in [0.717, 1.165) is 47.1 Å². The number of nitrogens with zero attached hydrogens (tertiary/aromatic N) is 4. The predicted octanol–water partition coefficient (Wildman–Crippen LogP) is 4.02. The molecule has 0 radical (unpaired) electrons. The molecule has 0 amide bonds. The van der Waals surface area contributed by atoms with E-state index in [1.54, 1.807) is 14.2 Å². The Labute approximate surface area is 159 Å². The minimum atomic E-state index is 0.701. The predicted molar refractivity (Wildman–Crippen MR) is 107 cm³/mol. The van der Waals surface area contributed by atoms with Crippen LogP contribution in [-0.4, -0.2) is 41.9 Å². The van der Waals surface area contributed by atoms with Crippen LogP contribution in [0.25, 0.3) is 16.9 Å². The first kappa shape index (κ1) is 17.6. The molecule has 27 heavy (non-hydrogen) atoms. The van der Waals surface area contributed by atoms with E-state index in [2.05, 4.69) is 24.8 Å². The van der Waals surface area contributed by atoms with Gasteiger partial charge in [0.1, 0.15) is 5.82 Å². The van der Waals surface area contributed by atoms with Crippen LogP contribution in [0.15, 0.2) is 24.3 Å². The van der Waals surface area contributed by atoms with Gasteiger partial charge in [0.15, 0.2) is 17.1 Å². The van der Waals surface area contributed by atoms with Crippen LogP contribution < -0.4 is 14.4 Å². The van der Waals surface area contributed by atoms with Gasteiger partial charge in [-0.05, 0) is 51.3 Å². The molecule has 2 aromatic heterocycles. The van der Waals surface area contributed by atoms with Crippen LogP contribution in [0.5, 0.6) is 11.5 Å². The molecule has 1 fully saturated rings. The zero-order chi connectivity index (χ0) is 19.0.